The first-order valence-electron chi connectivity index (χ1n) is 10.1. The van der Waals surface area contributed by atoms with Crippen LogP contribution in [0.25, 0.3) is 0 Å². The van der Waals surface area contributed by atoms with Crippen molar-refractivity contribution in [3.8, 4) is 0 Å². The number of hydrogen-bond acceptors (Lipinski definition) is 4. The summed E-state index contributed by atoms with van der Waals surface area (Å²) in [5, 5.41) is 0. The van der Waals surface area contributed by atoms with Gasteiger partial charge in [-0.1, -0.05) is 11.6 Å². The lowest BCUT2D eigenvalue weighted by Gasteiger charge is -2.54. The highest BCUT2D eigenvalue weighted by molar-refractivity contribution is 5.95. The van der Waals surface area contributed by atoms with Crippen LogP contribution in [0.2, 0.25) is 0 Å². The summed E-state index contributed by atoms with van der Waals surface area (Å²) < 4.78 is 11.5. The van der Waals surface area contributed by atoms with Crippen molar-refractivity contribution in [2.45, 2.75) is 31.7 Å². The van der Waals surface area contributed by atoms with Gasteiger partial charge in [0.1, 0.15) is 0 Å². The minimum Gasteiger partial charge on any atom is -0.380 e. The van der Waals surface area contributed by atoms with E-state index in [1.54, 1.807) is 0 Å². The van der Waals surface area contributed by atoms with Gasteiger partial charge in [0.05, 0.1) is 19.8 Å². The molecule has 1 aromatic rings. The molecule has 146 valence electrons. The molecule has 0 N–H and O–H groups in total. The molecule has 1 amide bonds. The van der Waals surface area contributed by atoms with Gasteiger partial charge in [0.2, 0.25) is 0 Å². The molecule has 2 atom stereocenters. The summed E-state index contributed by atoms with van der Waals surface area (Å²) in [5.41, 5.74) is 3.31. The van der Waals surface area contributed by atoms with E-state index in [1.165, 1.54) is 5.57 Å². The Morgan fingerprint density at radius 3 is 2.70 bits per heavy atom. The fourth-order valence-electron chi connectivity index (χ4n) is 4.99. The summed E-state index contributed by atoms with van der Waals surface area (Å²) in [4.78, 5) is 17.6. The first kappa shape index (κ1) is 18.5. The highest BCUT2D eigenvalue weighted by atomic mass is 16.5. The van der Waals surface area contributed by atoms with Crippen molar-refractivity contribution in [1.29, 1.82) is 0 Å². The van der Waals surface area contributed by atoms with Crippen LogP contribution in [0.3, 0.4) is 0 Å². The van der Waals surface area contributed by atoms with Crippen molar-refractivity contribution in [3.63, 3.8) is 0 Å². The van der Waals surface area contributed by atoms with E-state index in [4.69, 9.17) is 9.47 Å². The van der Waals surface area contributed by atoms with E-state index in [1.807, 2.05) is 38.4 Å². The predicted octanol–water partition coefficient (Wildman–Crippen LogP) is 3.11. The van der Waals surface area contributed by atoms with Gasteiger partial charge in [0, 0.05) is 50.0 Å². The summed E-state index contributed by atoms with van der Waals surface area (Å²) in [7, 11) is 4.03. The molecule has 0 bridgehead atoms. The van der Waals surface area contributed by atoms with Crippen molar-refractivity contribution in [1.82, 2.24) is 4.90 Å². The number of fused-ring (bicyclic) bond motifs is 1. The van der Waals surface area contributed by atoms with Gasteiger partial charge in [0.25, 0.3) is 5.91 Å². The molecule has 4 rings (SSSR count). The third kappa shape index (κ3) is 3.39. The second-order valence-corrected chi connectivity index (χ2v) is 8.11. The molecule has 3 aliphatic heterocycles. The Hall–Kier alpha value is -1.85. The van der Waals surface area contributed by atoms with Crippen LogP contribution in [0.15, 0.2) is 35.9 Å². The zero-order valence-electron chi connectivity index (χ0n) is 16.4. The maximum atomic E-state index is 13.4. The SMILES string of the molecule is CN(C)c1ccc(C(=O)N2CCC[C@@]3(C4=CCOCC4)COCC[C@H]23)cc1. The molecule has 0 unspecified atom stereocenters. The molecule has 0 aromatic heterocycles. The molecule has 5 nitrogen and oxygen atoms in total. The van der Waals surface area contributed by atoms with Crippen molar-refractivity contribution >= 4 is 11.6 Å². The average molecular weight is 370 g/mol. The van der Waals surface area contributed by atoms with Crippen LogP contribution in [0.5, 0.6) is 0 Å². The Balaban J connectivity index is 1.62. The third-order valence-corrected chi connectivity index (χ3v) is 6.43. The van der Waals surface area contributed by atoms with Crippen molar-refractivity contribution < 1.29 is 14.3 Å². The molecule has 3 aliphatic rings. The number of rotatable bonds is 3. The number of carbonyl (C=O) groups is 1. The van der Waals surface area contributed by atoms with Gasteiger partial charge in [-0.05, 0) is 49.9 Å². The monoisotopic (exact) mass is 370 g/mol. The highest BCUT2D eigenvalue weighted by Gasteiger charge is 2.50. The quantitative estimate of drug-likeness (QED) is 0.767. The molecule has 0 radical (unpaired) electrons. The van der Waals surface area contributed by atoms with E-state index in [0.29, 0.717) is 6.61 Å². The topological polar surface area (TPSA) is 42.0 Å². The zero-order chi connectivity index (χ0) is 18.9. The molecule has 2 fully saturated rings. The van der Waals surface area contributed by atoms with Crippen LogP contribution >= 0.6 is 0 Å². The fourth-order valence-corrected chi connectivity index (χ4v) is 4.99. The van der Waals surface area contributed by atoms with Crippen LogP contribution in [0, 0.1) is 5.41 Å². The van der Waals surface area contributed by atoms with Crippen LogP contribution in [-0.4, -0.2) is 63.9 Å². The van der Waals surface area contributed by atoms with Crippen molar-refractivity contribution in [2.24, 2.45) is 5.41 Å². The van der Waals surface area contributed by atoms with Gasteiger partial charge < -0.3 is 19.3 Å². The van der Waals surface area contributed by atoms with Crippen molar-refractivity contribution in [2.75, 3.05) is 52.0 Å². The smallest absolute Gasteiger partial charge is 0.254 e. The summed E-state index contributed by atoms with van der Waals surface area (Å²) in [6.07, 6.45) is 6.25. The minimum absolute atomic E-state index is 0.0283. The lowest BCUT2D eigenvalue weighted by Crippen LogP contribution is -2.59. The zero-order valence-corrected chi connectivity index (χ0v) is 16.4. The lowest BCUT2D eigenvalue weighted by atomic mass is 9.65. The van der Waals surface area contributed by atoms with Crippen molar-refractivity contribution in [3.05, 3.63) is 41.5 Å². The van der Waals surface area contributed by atoms with E-state index in [9.17, 15) is 4.79 Å². The number of ether oxygens (including phenoxy) is 2. The van der Waals surface area contributed by atoms with Crippen LogP contribution < -0.4 is 4.90 Å². The Bertz CT molecular complexity index is 709. The molecule has 0 saturated carbocycles. The number of hydrogen-bond donors (Lipinski definition) is 0. The van der Waals surface area contributed by atoms with Gasteiger partial charge in [-0.25, -0.2) is 0 Å². The van der Waals surface area contributed by atoms with Gasteiger partial charge in [-0.2, -0.15) is 0 Å². The molecule has 0 aliphatic carbocycles. The Labute approximate surface area is 161 Å². The number of carbonyl (C=O) groups excluding carboxylic acids is 1. The van der Waals surface area contributed by atoms with Gasteiger partial charge in [0.15, 0.2) is 0 Å². The molecule has 5 heteroatoms. The minimum atomic E-state index is -0.0283. The average Bonchev–Trinajstić information content (AvgIpc) is 2.73. The fraction of sp³-hybridized carbons (Fsp3) is 0.591. The number of likely N-dealkylation sites (tertiary alicyclic amines) is 1. The first-order valence-corrected chi connectivity index (χ1v) is 10.1. The molecule has 3 heterocycles. The van der Waals surface area contributed by atoms with E-state index in [2.05, 4.69) is 15.9 Å². The maximum absolute atomic E-state index is 13.4. The number of anilines is 1. The van der Waals surface area contributed by atoms with E-state index < -0.39 is 0 Å². The normalized spacial score (nSPS) is 28.3. The third-order valence-electron chi connectivity index (χ3n) is 6.43. The van der Waals surface area contributed by atoms with E-state index in [-0.39, 0.29) is 17.4 Å². The summed E-state index contributed by atoms with van der Waals surface area (Å²) in [5.74, 6) is 0.156. The van der Waals surface area contributed by atoms with E-state index >= 15 is 0 Å². The van der Waals surface area contributed by atoms with Gasteiger partial charge >= 0.3 is 0 Å². The summed E-state index contributed by atoms with van der Waals surface area (Å²) in [6.45, 7) is 3.76. The second-order valence-electron chi connectivity index (χ2n) is 8.11. The van der Waals surface area contributed by atoms with Crippen LogP contribution in [0.1, 0.15) is 36.0 Å². The van der Waals surface area contributed by atoms with E-state index in [0.717, 1.165) is 63.3 Å². The van der Waals surface area contributed by atoms with Gasteiger partial charge in [-0.3, -0.25) is 4.79 Å². The first-order chi connectivity index (χ1) is 13.1. The molecule has 1 aromatic carbocycles. The second kappa shape index (κ2) is 7.64. The Morgan fingerprint density at radius 2 is 2.00 bits per heavy atom. The number of amides is 1. The molecular weight excluding hydrogens is 340 g/mol. The molecule has 27 heavy (non-hydrogen) atoms. The van der Waals surface area contributed by atoms with Crippen LogP contribution in [-0.2, 0) is 9.47 Å². The number of nitrogens with zero attached hydrogens (tertiary/aromatic N) is 2. The molecular formula is C22H30N2O3. The standard InChI is InChI=1S/C22H30N2O3/c1-23(2)19-6-4-17(5-7-19)21(25)24-12-3-11-22(16-27-15-10-20(22)24)18-8-13-26-14-9-18/h4-8,20H,3,9-16H2,1-2H3/t20-,22-/m0/s1. The predicted molar refractivity (Wildman–Crippen MR) is 106 cm³/mol. The molecule has 2 saturated heterocycles. The number of piperidine rings is 1. The number of benzene rings is 1. The lowest BCUT2D eigenvalue weighted by molar-refractivity contribution is -0.0739. The van der Waals surface area contributed by atoms with Gasteiger partial charge in [-0.15, -0.1) is 0 Å². The van der Waals surface area contributed by atoms with Crippen LogP contribution in [0.4, 0.5) is 5.69 Å². The molecule has 0 spiro atoms. The summed E-state index contributed by atoms with van der Waals surface area (Å²) >= 11 is 0. The maximum Gasteiger partial charge on any atom is 0.254 e. The highest BCUT2D eigenvalue weighted by Crippen LogP contribution is 2.48. The largest absolute Gasteiger partial charge is 0.380 e. The summed E-state index contributed by atoms with van der Waals surface area (Å²) in [6, 6.07) is 8.19. The Morgan fingerprint density at radius 1 is 1.19 bits per heavy atom. The Kier molecular flexibility index (Phi) is 5.24.